The van der Waals surface area contributed by atoms with E-state index in [9.17, 15) is 0 Å². The van der Waals surface area contributed by atoms with Crippen LogP contribution in [0.15, 0.2) is 24.3 Å². The van der Waals surface area contributed by atoms with Gasteiger partial charge in [0.15, 0.2) is 0 Å². The van der Waals surface area contributed by atoms with E-state index >= 15 is 0 Å². The van der Waals surface area contributed by atoms with Crippen LogP contribution in [0.5, 0.6) is 5.75 Å². The Bertz CT molecular complexity index is 314. The van der Waals surface area contributed by atoms with E-state index in [-0.39, 0.29) is 6.04 Å². The minimum atomic E-state index is 0.167. The van der Waals surface area contributed by atoms with Crippen LogP contribution in [0.25, 0.3) is 0 Å². The molecule has 0 saturated heterocycles. The molecule has 1 atom stereocenters. The van der Waals surface area contributed by atoms with Gasteiger partial charge in [0.2, 0.25) is 0 Å². The monoisotopic (exact) mass is 252 g/mol. The second kappa shape index (κ2) is 8.91. The minimum absolute atomic E-state index is 0.167. The molecule has 1 aromatic rings. The van der Waals surface area contributed by atoms with E-state index in [1.807, 2.05) is 12.1 Å². The molecular formula is C14H24N2O2. The molecule has 0 fully saturated rings. The SMILES string of the molecule is CCCOc1ccc(C(CN)NCCOC)cc1. The van der Waals surface area contributed by atoms with Crippen molar-refractivity contribution < 1.29 is 9.47 Å². The predicted molar refractivity (Wildman–Crippen MR) is 73.9 cm³/mol. The maximum absolute atomic E-state index is 5.77. The lowest BCUT2D eigenvalue weighted by molar-refractivity contribution is 0.196. The molecule has 0 aliphatic heterocycles. The summed E-state index contributed by atoms with van der Waals surface area (Å²) in [5, 5.41) is 3.36. The average molecular weight is 252 g/mol. The summed E-state index contributed by atoms with van der Waals surface area (Å²) in [5.41, 5.74) is 6.95. The number of methoxy groups -OCH3 is 1. The fourth-order valence-electron chi connectivity index (χ4n) is 1.69. The van der Waals surface area contributed by atoms with Crippen LogP contribution in [-0.4, -0.2) is 33.4 Å². The zero-order valence-electron chi connectivity index (χ0n) is 11.3. The van der Waals surface area contributed by atoms with Gasteiger partial charge in [0.1, 0.15) is 5.75 Å². The molecule has 0 spiro atoms. The number of hydrogen-bond donors (Lipinski definition) is 2. The van der Waals surface area contributed by atoms with Crippen LogP contribution >= 0.6 is 0 Å². The summed E-state index contributed by atoms with van der Waals surface area (Å²) in [4.78, 5) is 0. The molecule has 102 valence electrons. The van der Waals surface area contributed by atoms with Gasteiger partial charge in [-0.05, 0) is 24.1 Å². The Morgan fingerprint density at radius 2 is 1.94 bits per heavy atom. The van der Waals surface area contributed by atoms with Gasteiger partial charge in [0.25, 0.3) is 0 Å². The first-order valence-corrected chi connectivity index (χ1v) is 6.47. The topological polar surface area (TPSA) is 56.5 Å². The molecule has 0 heterocycles. The number of nitrogens with two attached hydrogens (primary N) is 1. The summed E-state index contributed by atoms with van der Waals surface area (Å²) < 4.78 is 10.6. The molecule has 1 aromatic carbocycles. The first-order valence-electron chi connectivity index (χ1n) is 6.47. The van der Waals surface area contributed by atoms with Crippen LogP contribution < -0.4 is 15.8 Å². The Morgan fingerprint density at radius 1 is 1.22 bits per heavy atom. The highest BCUT2D eigenvalue weighted by Crippen LogP contribution is 2.17. The second-order valence-electron chi connectivity index (χ2n) is 4.15. The molecule has 0 aromatic heterocycles. The van der Waals surface area contributed by atoms with Crippen molar-refractivity contribution in [3.8, 4) is 5.75 Å². The van der Waals surface area contributed by atoms with Gasteiger partial charge >= 0.3 is 0 Å². The third-order valence-corrected chi connectivity index (χ3v) is 2.69. The first-order chi connectivity index (χ1) is 8.81. The van der Waals surface area contributed by atoms with E-state index < -0.39 is 0 Å². The molecule has 0 aliphatic rings. The molecule has 4 heteroatoms. The fourth-order valence-corrected chi connectivity index (χ4v) is 1.69. The molecule has 4 nitrogen and oxygen atoms in total. The molecule has 18 heavy (non-hydrogen) atoms. The zero-order chi connectivity index (χ0) is 13.2. The highest BCUT2D eigenvalue weighted by Gasteiger charge is 2.08. The number of hydrogen-bond acceptors (Lipinski definition) is 4. The Balaban J connectivity index is 2.52. The zero-order valence-corrected chi connectivity index (χ0v) is 11.3. The van der Waals surface area contributed by atoms with Crippen molar-refractivity contribution in [2.75, 3.05) is 33.4 Å². The molecular weight excluding hydrogens is 228 g/mol. The van der Waals surface area contributed by atoms with Gasteiger partial charge in [-0.25, -0.2) is 0 Å². The van der Waals surface area contributed by atoms with Crippen LogP contribution in [0.1, 0.15) is 24.9 Å². The van der Waals surface area contributed by atoms with Gasteiger partial charge in [-0.15, -0.1) is 0 Å². The molecule has 0 bridgehead atoms. The molecule has 0 aliphatic carbocycles. The highest BCUT2D eigenvalue weighted by atomic mass is 16.5. The van der Waals surface area contributed by atoms with E-state index in [1.54, 1.807) is 7.11 Å². The predicted octanol–water partition coefficient (Wildman–Crippen LogP) is 1.71. The highest BCUT2D eigenvalue weighted by molar-refractivity contribution is 5.29. The summed E-state index contributed by atoms with van der Waals surface area (Å²) in [6.45, 7) is 4.91. The maximum Gasteiger partial charge on any atom is 0.119 e. The maximum atomic E-state index is 5.77. The van der Waals surface area contributed by atoms with Crippen molar-refractivity contribution in [3.05, 3.63) is 29.8 Å². The van der Waals surface area contributed by atoms with Crippen molar-refractivity contribution in [2.24, 2.45) is 5.73 Å². The summed E-state index contributed by atoms with van der Waals surface area (Å²) in [5.74, 6) is 0.910. The summed E-state index contributed by atoms with van der Waals surface area (Å²) in [6, 6.07) is 8.27. The quantitative estimate of drug-likeness (QED) is 0.657. The van der Waals surface area contributed by atoms with E-state index in [1.165, 1.54) is 5.56 Å². The number of benzene rings is 1. The lowest BCUT2D eigenvalue weighted by Crippen LogP contribution is -2.30. The third kappa shape index (κ3) is 5.04. The van der Waals surface area contributed by atoms with Crippen LogP contribution in [0.4, 0.5) is 0 Å². The van der Waals surface area contributed by atoms with Crippen LogP contribution in [0.3, 0.4) is 0 Å². The van der Waals surface area contributed by atoms with E-state index in [0.29, 0.717) is 13.2 Å². The van der Waals surface area contributed by atoms with E-state index in [0.717, 1.165) is 25.3 Å². The first kappa shape index (κ1) is 15.0. The van der Waals surface area contributed by atoms with Crippen molar-refractivity contribution >= 4 is 0 Å². The average Bonchev–Trinajstić information content (AvgIpc) is 2.42. The Labute approximate surface area is 109 Å². The number of rotatable bonds is 9. The molecule has 3 N–H and O–H groups in total. The van der Waals surface area contributed by atoms with Gasteiger partial charge in [-0.2, -0.15) is 0 Å². The van der Waals surface area contributed by atoms with E-state index in [2.05, 4.69) is 24.4 Å². The number of ether oxygens (including phenoxy) is 2. The standard InChI is InChI=1S/C14H24N2O2/c1-3-9-18-13-6-4-12(5-7-13)14(11-15)16-8-10-17-2/h4-7,14,16H,3,8-11,15H2,1-2H3. The van der Waals surface area contributed by atoms with Gasteiger partial charge < -0.3 is 20.5 Å². The van der Waals surface area contributed by atoms with Gasteiger partial charge in [0, 0.05) is 26.2 Å². The summed E-state index contributed by atoms with van der Waals surface area (Å²) in [6.07, 6.45) is 1.02. The van der Waals surface area contributed by atoms with Crippen LogP contribution in [0, 0.1) is 0 Å². The van der Waals surface area contributed by atoms with Crippen molar-refractivity contribution in [2.45, 2.75) is 19.4 Å². The van der Waals surface area contributed by atoms with Crippen LogP contribution in [-0.2, 0) is 4.74 Å². The minimum Gasteiger partial charge on any atom is -0.494 e. The summed E-state index contributed by atoms with van der Waals surface area (Å²) in [7, 11) is 1.69. The fraction of sp³-hybridized carbons (Fsp3) is 0.571. The Hall–Kier alpha value is -1.10. The molecule has 0 amide bonds. The normalized spacial score (nSPS) is 12.4. The van der Waals surface area contributed by atoms with Gasteiger partial charge in [-0.3, -0.25) is 0 Å². The lowest BCUT2D eigenvalue weighted by atomic mass is 10.1. The van der Waals surface area contributed by atoms with Gasteiger partial charge in [-0.1, -0.05) is 19.1 Å². The van der Waals surface area contributed by atoms with E-state index in [4.69, 9.17) is 15.2 Å². The summed E-state index contributed by atoms with van der Waals surface area (Å²) >= 11 is 0. The molecule has 0 radical (unpaired) electrons. The second-order valence-corrected chi connectivity index (χ2v) is 4.15. The molecule has 0 saturated carbocycles. The Morgan fingerprint density at radius 3 is 2.50 bits per heavy atom. The van der Waals surface area contributed by atoms with Gasteiger partial charge in [0.05, 0.1) is 13.2 Å². The van der Waals surface area contributed by atoms with Crippen molar-refractivity contribution in [1.82, 2.24) is 5.32 Å². The smallest absolute Gasteiger partial charge is 0.119 e. The van der Waals surface area contributed by atoms with Crippen molar-refractivity contribution in [3.63, 3.8) is 0 Å². The van der Waals surface area contributed by atoms with Crippen molar-refractivity contribution in [1.29, 1.82) is 0 Å². The molecule has 1 unspecified atom stereocenters. The largest absolute Gasteiger partial charge is 0.494 e. The number of nitrogens with one attached hydrogen (secondary N) is 1. The Kier molecular flexibility index (Phi) is 7.41. The molecule has 1 rings (SSSR count). The lowest BCUT2D eigenvalue weighted by Gasteiger charge is -2.17. The third-order valence-electron chi connectivity index (χ3n) is 2.69. The van der Waals surface area contributed by atoms with Crippen LogP contribution in [0.2, 0.25) is 0 Å².